The molecule has 2 amide bonds. The Labute approximate surface area is 202 Å². The number of benzene rings is 3. The van der Waals surface area contributed by atoms with E-state index in [2.05, 4.69) is 5.32 Å². The molecule has 35 heavy (non-hydrogen) atoms. The third-order valence-corrected chi connectivity index (χ3v) is 6.48. The van der Waals surface area contributed by atoms with E-state index >= 15 is 4.39 Å². The van der Waals surface area contributed by atoms with Crippen molar-refractivity contribution in [2.24, 2.45) is 0 Å². The zero-order valence-electron chi connectivity index (χ0n) is 19.5. The molecule has 3 aromatic carbocycles. The van der Waals surface area contributed by atoms with E-state index in [0.29, 0.717) is 0 Å². The number of anilines is 1. The predicted octanol–water partition coefficient (Wildman–Crippen LogP) is 5.12. The van der Waals surface area contributed by atoms with Gasteiger partial charge in [0.05, 0.1) is 11.3 Å². The largest absolute Gasteiger partial charge is 0.480 e. The minimum absolute atomic E-state index is 0.0512. The zero-order valence-corrected chi connectivity index (χ0v) is 19.5. The number of nitrogens with one attached hydrogen (secondary N) is 1. The molecule has 0 atom stereocenters. The third-order valence-electron chi connectivity index (χ3n) is 6.48. The molecule has 3 aromatic rings. The van der Waals surface area contributed by atoms with Crippen LogP contribution >= 0.6 is 0 Å². The quantitative estimate of drug-likeness (QED) is 0.515. The SMILES string of the molecule is CN(C(=O)c1cccc(NC(=O)OCC2c3ccccc3-c3ccccc32)c1F)C(C)(C)C(=O)O. The van der Waals surface area contributed by atoms with E-state index < -0.39 is 29.3 Å². The van der Waals surface area contributed by atoms with Crippen LogP contribution in [0.2, 0.25) is 0 Å². The molecule has 8 heteroatoms. The average molecular weight is 477 g/mol. The van der Waals surface area contributed by atoms with Crippen molar-refractivity contribution in [2.45, 2.75) is 25.3 Å². The Morgan fingerprint density at radius 1 is 0.971 bits per heavy atom. The lowest BCUT2D eigenvalue weighted by molar-refractivity contribution is -0.147. The molecule has 0 radical (unpaired) electrons. The highest BCUT2D eigenvalue weighted by atomic mass is 19.1. The molecule has 4 rings (SSSR count). The predicted molar refractivity (Wildman–Crippen MR) is 129 cm³/mol. The Morgan fingerprint density at radius 3 is 2.11 bits per heavy atom. The summed E-state index contributed by atoms with van der Waals surface area (Å²) in [6.45, 7) is 2.73. The molecule has 2 N–H and O–H groups in total. The molecule has 1 aliphatic rings. The highest BCUT2D eigenvalue weighted by molar-refractivity contribution is 5.99. The molecule has 0 heterocycles. The highest BCUT2D eigenvalue weighted by Crippen LogP contribution is 2.44. The van der Waals surface area contributed by atoms with Gasteiger partial charge >= 0.3 is 12.1 Å². The van der Waals surface area contributed by atoms with Crippen molar-refractivity contribution in [3.05, 3.63) is 89.2 Å². The van der Waals surface area contributed by atoms with Gasteiger partial charge in [-0.25, -0.2) is 14.0 Å². The summed E-state index contributed by atoms with van der Waals surface area (Å²) in [5, 5.41) is 11.7. The fourth-order valence-electron chi connectivity index (χ4n) is 4.12. The van der Waals surface area contributed by atoms with Gasteiger partial charge in [0.2, 0.25) is 0 Å². The van der Waals surface area contributed by atoms with E-state index in [1.165, 1.54) is 39.1 Å². The standard InChI is InChI=1S/C27H25FN2O5/c1-27(2,25(32)33)30(3)24(31)20-13-8-14-22(23(20)28)29-26(34)35-15-21-18-11-6-4-9-16(18)17-10-5-7-12-19(17)21/h4-14,21H,15H2,1-3H3,(H,29,34)(H,32,33). The number of aliphatic carboxylic acids is 1. The van der Waals surface area contributed by atoms with Crippen LogP contribution in [0.1, 0.15) is 41.3 Å². The highest BCUT2D eigenvalue weighted by Gasteiger charge is 2.36. The van der Waals surface area contributed by atoms with Crippen molar-refractivity contribution in [3.63, 3.8) is 0 Å². The zero-order chi connectivity index (χ0) is 25.3. The van der Waals surface area contributed by atoms with Crippen LogP contribution in [-0.2, 0) is 9.53 Å². The number of fused-ring (bicyclic) bond motifs is 3. The fraction of sp³-hybridized carbons (Fsp3) is 0.222. The van der Waals surface area contributed by atoms with Crippen LogP contribution in [0.3, 0.4) is 0 Å². The van der Waals surface area contributed by atoms with Crippen LogP contribution in [0.25, 0.3) is 11.1 Å². The molecule has 180 valence electrons. The monoisotopic (exact) mass is 476 g/mol. The lowest BCUT2D eigenvalue weighted by Crippen LogP contribution is -2.51. The summed E-state index contributed by atoms with van der Waals surface area (Å²) in [5.74, 6) is -3.19. The van der Waals surface area contributed by atoms with Gasteiger partial charge in [-0.2, -0.15) is 0 Å². The number of carbonyl (C=O) groups is 3. The maximum absolute atomic E-state index is 15.1. The summed E-state index contributed by atoms with van der Waals surface area (Å²) in [4.78, 5) is 37.7. The van der Waals surface area contributed by atoms with E-state index in [4.69, 9.17) is 4.74 Å². The van der Waals surface area contributed by atoms with Crippen molar-refractivity contribution in [3.8, 4) is 11.1 Å². The molecular formula is C27H25FN2O5. The maximum atomic E-state index is 15.1. The van der Waals surface area contributed by atoms with Gasteiger partial charge in [0.1, 0.15) is 12.1 Å². The number of halogens is 1. The van der Waals surface area contributed by atoms with Crippen LogP contribution in [0.15, 0.2) is 66.7 Å². The topological polar surface area (TPSA) is 95.9 Å². The number of rotatable bonds is 6. The summed E-state index contributed by atoms with van der Waals surface area (Å²) >= 11 is 0. The fourth-order valence-corrected chi connectivity index (χ4v) is 4.12. The molecule has 1 aliphatic carbocycles. The second-order valence-electron chi connectivity index (χ2n) is 8.85. The van der Waals surface area contributed by atoms with Crippen LogP contribution in [0.4, 0.5) is 14.9 Å². The van der Waals surface area contributed by atoms with Crippen LogP contribution in [-0.4, -0.2) is 47.2 Å². The van der Waals surface area contributed by atoms with Crippen molar-refractivity contribution in [2.75, 3.05) is 19.0 Å². The van der Waals surface area contributed by atoms with Crippen molar-refractivity contribution >= 4 is 23.7 Å². The van der Waals surface area contributed by atoms with Gasteiger partial charge in [-0.1, -0.05) is 54.6 Å². The molecule has 0 saturated carbocycles. The number of hydrogen-bond donors (Lipinski definition) is 2. The van der Waals surface area contributed by atoms with Gasteiger partial charge in [-0.15, -0.1) is 0 Å². The Hall–Kier alpha value is -4.20. The number of ether oxygens (including phenoxy) is 1. The molecule has 7 nitrogen and oxygen atoms in total. The van der Waals surface area contributed by atoms with E-state index in [9.17, 15) is 19.5 Å². The molecule has 0 fully saturated rings. The number of hydrogen-bond acceptors (Lipinski definition) is 4. The van der Waals surface area contributed by atoms with Gasteiger partial charge < -0.3 is 14.7 Å². The van der Waals surface area contributed by atoms with Crippen molar-refractivity contribution < 1.29 is 28.6 Å². The second kappa shape index (κ2) is 9.21. The minimum Gasteiger partial charge on any atom is -0.480 e. The summed E-state index contributed by atoms with van der Waals surface area (Å²) in [5.41, 5.74) is 2.10. The Kier molecular flexibility index (Phi) is 6.30. The second-order valence-corrected chi connectivity index (χ2v) is 8.85. The van der Waals surface area contributed by atoms with Crippen LogP contribution in [0, 0.1) is 5.82 Å². The first-order chi connectivity index (χ1) is 16.6. The van der Waals surface area contributed by atoms with Crippen LogP contribution in [0.5, 0.6) is 0 Å². The number of carboxylic acid groups (broad SMARTS) is 1. The third kappa shape index (κ3) is 4.35. The Balaban J connectivity index is 1.48. The summed E-state index contributed by atoms with van der Waals surface area (Å²) < 4.78 is 20.5. The molecule has 0 aromatic heterocycles. The summed E-state index contributed by atoms with van der Waals surface area (Å²) in [7, 11) is 1.28. The van der Waals surface area contributed by atoms with Gasteiger partial charge in [-0.05, 0) is 48.2 Å². The van der Waals surface area contributed by atoms with Gasteiger partial charge in [0, 0.05) is 13.0 Å². The van der Waals surface area contributed by atoms with Crippen LogP contribution < -0.4 is 5.32 Å². The first kappa shape index (κ1) is 23.9. The first-order valence-electron chi connectivity index (χ1n) is 11.0. The molecule has 0 aliphatic heterocycles. The van der Waals surface area contributed by atoms with Gasteiger partial charge in [-0.3, -0.25) is 10.1 Å². The van der Waals surface area contributed by atoms with E-state index in [1.54, 1.807) is 0 Å². The Bertz CT molecular complexity index is 1270. The smallest absolute Gasteiger partial charge is 0.411 e. The van der Waals surface area contributed by atoms with E-state index in [0.717, 1.165) is 27.2 Å². The molecular weight excluding hydrogens is 451 g/mol. The molecule has 0 saturated heterocycles. The molecule has 0 bridgehead atoms. The van der Waals surface area contributed by atoms with Crippen molar-refractivity contribution in [1.29, 1.82) is 0 Å². The normalized spacial score (nSPS) is 12.5. The minimum atomic E-state index is -1.56. The average Bonchev–Trinajstić information content (AvgIpc) is 3.16. The summed E-state index contributed by atoms with van der Waals surface area (Å²) in [6.07, 6.45) is -0.866. The maximum Gasteiger partial charge on any atom is 0.411 e. The lowest BCUT2D eigenvalue weighted by atomic mass is 9.98. The van der Waals surface area contributed by atoms with E-state index in [1.807, 2.05) is 48.5 Å². The van der Waals surface area contributed by atoms with Gasteiger partial charge in [0.15, 0.2) is 5.82 Å². The molecule has 0 unspecified atom stereocenters. The number of likely N-dealkylation sites (N-methyl/N-ethyl adjacent to an activating group) is 1. The molecule has 0 spiro atoms. The first-order valence-corrected chi connectivity index (χ1v) is 11.0. The number of carbonyl (C=O) groups excluding carboxylic acids is 2. The van der Waals surface area contributed by atoms with Crippen molar-refractivity contribution in [1.82, 2.24) is 4.90 Å². The number of nitrogens with zero attached hydrogens (tertiary/aromatic N) is 1. The lowest BCUT2D eigenvalue weighted by Gasteiger charge is -2.31. The number of carboxylic acids is 1. The van der Waals surface area contributed by atoms with Gasteiger partial charge in [0.25, 0.3) is 5.91 Å². The number of amides is 2. The summed E-state index contributed by atoms with van der Waals surface area (Å²) in [6, 6.07) is 19.7. The van der Waals surface area contributed by atoms with E-state index in [-0.39, 0.29) is 23.8 Å². The Morgan fingerprint density at radius 2 is 1.54 bits per heavy atom.